The van der Waals surface area contributed by atoms with Gasteiger partial charge in [-0.2, -0.15) is 0 Å². The molecule has 1 amide bonds. The third kappa shape index (κ3) is 5.62. The first kappa shape index (κ1) is 19.0. The van der Waals surface area contributed by atoms with Gasteiger partial charge in [0.1, 0.15) is 0 Å². The number of hydrogen-bond donors (Lipinski definition) is 1. The van der Waals surface area contributed by atoms with Gasteiger partial charge >= 0.3 is 0 Å². The predicted molar refractivity (Wildman–Crippen MR) is 94.3 cm³/mol. The second-order valence-electron chi connectivity index (χ2n) is 6.52. The summed E-state index contributed by atoms with van der Waals surface area (Å²) in [6.45, 7) is 7.20. The van der Waals surface area contributed by atoms with E-state index in [4.69, 9.17) is 0 Å². The summed E-state index contributed by atoms with van der Waals surface area (Å²) in [6, 6.07) is 8.41. The summed E-state index contributed by atoms with van der Waals surface area (Å²) in [5.41, 5.74) is 2.45. The van der Waals surface area contributed by atoms with Crippen LogP contribution in [0.2, 0.25) is 0 Å². The van der Waals surface area contributed by atoms with E-state index in [1.165, 1.54) is 24.0 Å². The maximum Gasteiger partial charge on any atom is 0.222 e. The average Bonchev–Trinajstić information content (AvgIpc) is 2.50. The molecule has 0 spiro atoms. The van der Waals surface area contributed by atoms with Gasteiger partial charge in [0.2, 0.25) is 5.91 Å². The smallest absolute Gasteiger partial charge is 0.222 e. The lowest BCUT2D eigenvalue weighted by Crippen LogP contribution is -2.36. The molecule has 1 aromatic carbocycles. The number of hydrogen-bond acceptors (Lipinski definition) is 2. The standard InChI is InChI=1S/C18H28N2O.ClH/c1-14-6-8-16(9-7-14)13-20(3)18(21)11-15(2)17-5-4-10-19-12-17;/h6-9,15,17,19H,4-5,10-13H2,1-3H3;1H. The van der Waals surface area contributed by atoms with Crippen LogP contribution in [0.15, 0.2) is 24.3 Å². The van der Waals surface area contributed by atoms with Crippen molar-refractivity contribution in [3.63, 3.8) is 0 Å². The Morgan fingerprint density at radius 3 is 2.64 bits per heavy atom. The van der Waals surface area contributed by atoms with Crippen molar-refractivity contribution in [1.29, 1.82) is 0 Å². The zero-order valence-electron chi connectivity index (χ0n) is 14.0. The average molecular weight is 325 g/mol. The third-order valence-corrected chi connectivity index (χ3v) is 4.60. The van der Waals surface area contributed by atoms with E-state index in [1.54, 1.807) is 0 Å². The molecular weight excluding hydrogens is 296 g/mol. The molecule has 22 heavy (non-hydrogen) atoms. The van der Waals surface area contributed by atoms with Gasteiger partial charge in [-0.25, -0.2) is 0 Å². The topological polar surface area (TPSA) is 32.3 Å². The van der Waals surface area contributed by atoms with Crippen LogP contribution < -0.4 is 5.32 Å². The monoisotopic (exact) mass is 324 g/mol. The van der Waals surface area contributed by atoms with Gasteiger partial charge in [0, 0.05) is 20.0 Å². The molecule has 2 rings (SSSR count). The second-order valence-corrected chi connectivity index (χ2v) is 6.52. The van der Waals surface area contributed by atoms with Crippen LogP contribution in [0.25, 0.3) is 0 Å². The van der Waals surface area contributed by atoms with E-state index in [-0.39, 0.29) is 18.3 Å². The molecule has 2 atom stereocenters. The molecule has 0 bridgehead atoms. The molecule has 2 unspecified atom stereocenters. The van der Waals surface area contributed by atoms with E-state index in [0.717, 1.165) is 13.1 Å². The van der Waals surface area contributed by atoms with Crippen molar-refractivity contribution in [2.45, 2.75) is 39.7 Å². The zero-order valence-corrected chi connectivity index (χ0v) is 14.8. The van der Waals surface area contributed by atoms with Crippen LogP contribution >= 0.6 is 12.4 Å². The van der Waals surface area contributed by atoms with Crippen molar-refractivity contribution in [2.75, 3.05) is 20.1 Å². The summed E-state index contributed by atoms with van der Waals surface area (Å²) in [5, 5.41) is 3.44. The molecule has 0 aromatic heterocycles. The first-order chi connectivity index (χ1) is 10.1. The van der Waals surface area contributed by atoms with Gasteiger partial charge in [0.15, 0.2) is 0 Å². The number of amides is 1. The van der Waals surface area contributed by atoms with E-state index >= 15 is 0 Å². The van der Waals surface area contributed by atoms with Gasteiger partial charge in [-0.1, -0.05) is 36.8 Å². The zero-order chi connectivity index (χ0) is 15.2. The lowest BCUT2D eigenvalue weighted by molar-refractivity contribution is -0.131. The van der Waals surface area contributed by atoms with Gasteiger partial charge in [0.05, 0.1) is 0 Å². The fraction of sp³-hybridized carbons (Fsp3) is 0.611. The molecule has 3 nitrogen and oxygen atoms in total. The van der Waals surface area contributed by atoms with E-state index < -0.39 is 0 Å². The summed E-state index contributed by atoms with van der Waals surface area (Å²) in [4.78, 5) is 14.2. The number of piperidine rings is 1. The van der Waals surface area contributed by atoms with E-state index in [0.29, 0.717) is 24.8 Å². The Balaban J connectivity index is 0.00000242. The molecular formula is C18H29ClN2O. The molecule has 1 aromatic rings. The molecule has 4 heteroatoms. The van der Waals surface area contributed by atoms with Gasteiger partial charge in [-0.15, -0.1) is 12.4 Å². The van der Waals surface area contributed by atoms with Crippen molar-refractivity contribution in [2.24, 2.45) is 11.8 Å². The van der Waals surface area contributed by atoms with Gasteiger partial charge in [-0.3, -0.25) is 4.79 Å². The van der Waals surface area contributed by atoms with Gasteiger partial charge in [0.25, 0.3) is 0 Å². The van der Waals surface area contributed by atoms with Gasteiger partial charge < -0.3 is 10.2 Å². The Morgan fingerprint density at radius 1 is 1.36 bits per heavy atom. The molecule has 124 valence electrons. The minimum absolute atomic E-state index is 0. The van der Waals surface area contributed by atoms with Crippen molar-refractivity contribution in [3.8, 4) is 0 Å². The lowest BCUT2D eigenvalue weighted by Gasteiger charge is -2.29. The number of aryl methyl sites for hydroxylation is 1. The van der Waals surface area contributed by atoms with Crippen molar-refractivity contribution in [3.05, 3.63) is 35.4 Å². The van der Waals surface area contributed by atoms with Crippen molar-refractivity contribution >= 4 is 18.3 Å². The Bertz CT molecular complexity index is 455. The highest BCUT2D eigenvalue weighted by molar-refractivity contribution is 5.85. The highest BCUT2D eigenvalue weighted by Gasteiger charge is 2.23. The summed E-state index contributed by atoms with van der Waals surface area (Å²) in [5.74, 6) is 1.37. The maximum absolute atomic E-state index is 12.4. The Labute approximate surface area is 140 Å². The second kappa shape index (κ2) is 9.16. The van der Waals surface area contributed by atoms with Crippen LogP contribution in [0, 0.1) is 18.8 Å². The molecule has 0 saturated carbocycles. The molecule has 1 aliphatic heterocycles. The molecule has 0 aliphatic carbocycles. The highest BCUT2D eigenvalue weighted by Crippen LogP contribution is 2.23. The number of halogens is 1. The fourth-order valence-electron chi connectivity index (χ4n) is 3.02. The quantitative estimate of drug-likeness (QED) is 0.900. The number of nitrogens with zero attached hydrogens (tertiary/aromatic N) is 1. The largest absolute Gasteiger partial charge is 0.341 e. The normalized spacial score (nSPS) is 19.1. The summed E-state index contributed by atoms with van der Waals surface area (Å²) < 4.78 is 0. The Hall–Kier alpha value is -1.06. The number of carbonyl (C=O) groups excluding carboxylic acids is 1. The van der Waals surface area contributed by atoms with Crippen molar-refractivity contribution in [1.82, 2.24) is 10.2 Å². The SMILES string of the molecule is Cc1ccc(CN(C)C(=O)CC(C)C2CCCNC2)cc1.Cl. The summed E-state index contributed by atoms with van der Waals surface area (Å²) in [6.07, 6.45) is 3.15. The van der Waals surface area contributed by atoms with Crippen LogP contribution in [0.1, 0.15) is 37.3 Å². The lowest BCUT2D eigenvalue weighted by atomic mass is 9.85. The Kier molecular flexibility index (Phi) is 7.91. The van der Waals surface area contributed by atoms with E-state index in [9.17, 15) is 4.79 Å². The minimum Gasteiger partial charge on any atom is -0.341 e. The van der Waals surface area contributed by atoms with Crippen molar-refractivity contribution < 1.29 is 4.79 Å². The van der Waals surface area contributed by atoms with E-state index in [2.05, 4.69) is 43.4 Å². The van der Waals surface area contributed by atoms with Crippen LogP contribution in [0.5, 0.6) is 0 Å². The number of benzene rings is 1. The maximum atomic E-state index is 12.4. The number of carbonyl (C=O) groups is 1. The Morgan fingerprint density at radius 2 is 2.05 bits per heavy atom. The van der Waals surface area contributed by atoms with Crippen LogP contribution in [0.3, 0.4) is 0 Å². The number of nitrogens with one attached hydrogen (secondary N) is 1. The first-order valence-corrected chi connectivity index (χ1v) is 8.06. The number of rotatable bonds is 5. The first-order valence-electron chi connectivity index (χ1n) is 8.06. The molecule has 1 fully saturated rings. The molecule has 1 N–H and O–H groups in total. The third-order valence-electron chi connectivity index (χ3n) is 4.60. The predicted octanol–water partition coefficient (Wildman–Crippen LogP) is 3.40. The van der Waals surface area contributed by atoms with Crippen LogP contribution in [0.4, 0.5) is 0 Å². The van der Waals surface area contributed by atoms with Gasteiger partial charge in [-0.05, 0) is 50.3 Å². The fourth-order valence-corrected chi connectivity index (χ4v) is 3.02. The molecule has 1 heterocycles. The van der Waals surface area contributed by atoms with E-state index in [1.807, 2.05) is 11.9 Å². The van der Waals surface area contributed by atoms with Crippen LogP contribution in [-0.2, 0) is 11.3 Å². The highest BCUT2D eigenvalue weighted by atomic mass is 35.5. The van der Waals surface area contributed by atoms with Crippen LogP contribution in [-0.4, -0.2) is 30.9 Å². The summed E-state index contributed by atoms with van der Waals surface area (Å²) >= 11 is 0. The summed E-state index contributed by atoms with van der Waals surface area (Å²) in [7, 11) is 1.91. The minimum atomic E-state index is 0. The molecule has 0 radical (unpaired) electrons. The molecule has 1 aliphatic rings. The molecule has 1 saturated heterocycles.